The van der Waals surface area contributed by atoms with E-state index in [4.69, 9.17) is 4.52 Å². The van der Waals surface area contributed by atoms with Gasteiger partial charge in [-0.15, -0.1) is 5.10 Å². The maximum absolute atomic E-state index is 12.0. The highest BCUT2D eigenvalue weighted by molar-refractivity contribution is 6.04. The number of aromatic nitrogens is 4. The topological polar surface area (TPSA) is 96.7 Å². The first kappa shape index (κ1) is 12.3. The molecule has 7 nitrogen and oxygen atoms in total. The van der Waals surface area contributed by atoms with Crippen molar-refractivity contribution in [2.45, 2.75) is 33.6 Å². The maximum atomic E-state index is 12.0. The van der Waals surface area contributed by atoms with Gasteiger partial charge in [0.1, 0.15) is 17.1 Å². The molecule has 7 heteroatoms. The number of hydrogen-bond acceptors (Lipinski definition) is 5. The largest absolute Gasteiger partial charge is 0.361 e. The summed E-state index contributed by atoms with van der Waals surface area (Å²) in [6.07, 6.45) is 0. The molecule has 0 spiro atoms. The number of nitrogens with one attached hydrogen (secondary N) is 2. The van der Waals surface area contributed by atoms with Crippen molar-refractivity contribution in [2.24, 2.45) is 0 Å². The minimum atomic E-state index is -0.319. The molecule has 2 aromatic heterocycles. The summed E-state index contributed by atoms with van der Waals surface area (Å²) >= 11 is 0. The lowest BCUT2D eigenvalue weighted by Gasteiger charge is -1.99. The summed E-state index contributed by atoms with van der Waals surface area (Å²) < 4.78 is 4.94. The van der Waals surface area contributed by atoms with E-state index in [2.05, 4.69) is 25.7 Å². The molecular weight excluding hydrogens is 234 g/mol. The van der Waals surface area contributed by atoms with Gasteiger partial charge in [-0.3, -0.25) is 15.2 Å². The van der Waals surface area contributed by atoms with Crippen LogP contribution in [0.2, 0.25) is 0 Å². The Bertz CT molecular complexity index is 550. The van der Waals surface area contributed by atoms with Crippen LogP contribution < -0.4 is 5.32 Å². The van der Waals surface area contributed by atoms with Gasteiger partial charge in [-0.2, -0.15) is 4.98 Å². The Labute approximate surface area is 104 Å². The van der Waals surface area contributed by atoms with E-state index in [9.17, 15) is 4.79 Å². The maximum Gasteiger partial charge on any atom is 0.263 e. The Morgan fingerprint density at radius 2 is 2.11 bits per heavy atom. The molecule has 0 aliphatic rings. The van der Waals surface area contributed by atoms with Crippen molar-refractivity contribution in [2.75, 3.05) is 5.32 Å². The summed E-state index contributed by atoms with van der Waals surface area (Å²) in [5, 5.41) is 13.0. The first-order valence-corrected chi connectivity index (χ1v) is 5.65. The predicted octanol–water partition coefficient (Wildman–Crippen LogP) is 1.79. The van der Waals surface area contributed by atoms with E-state index in [1.807, 2.05) is 13.8 Å². The number of aromatic amines is 1. The van der Waals surface area contributed by atoms with Crippen molar-refractivity contribution in [1.82, 2.24) is 20.3 Å². The summed E-state index contributed by atoms with van der Waals surface area (Å²) in [5.41, 5.74) is 0.968. The number of carbonyl (C=O) groups is 1. The smallest absolute Gasteiger partial charge is 0.263 e. The minimum absolute atomic E-state index is 0.224. The lowest BCUT2D eigenvalue weighted by atomic mass is 10.2. The molecule has 2 rings (SSSR count). The van der Waals surface area contributed by atoms with Crippen LogP contribution in [-0.2, 0) is 0 Å². The molecule has 0 aliphatic carbocycles. The molecule has 0 unspecified atom stereocenters. The highest BCUT2D eigenvalue weighted by Gasteiger charge is 2.19. The number of aryl methyl sites for hydroxylation is 2. The Balaban J connectivity index is 2.16. The molecule has 0 aromatic carbocycles. The van der Waals surface area contributed by atoms with Crippen LogP contribution in [0.15, 0.2) is 4.52 Å². The Morgan fingerprint density at radius 3 is 2.61 bits per heavy atom. The monoisotopic (exact) mass is 249 g/mol. The van der Waals surface area contributed by atoms with Gasteiger partial charge in [-0.25, -0.2) is 0 Å². The second-order valence-corrected chi connectivity index (χ2v) is 4.35. The van der Waals surface area contributed by atoms with E-state index in [-0.39, 0.29) is 17.8 Å². The van der Waals surface area contributed by atoms with Crippen molar-refractivity contribution in [3.63, 3.8) is 0 Å². The third-order valence-electron chi connectivity index (χ3n) is 2.54. The van der Waals surface area contributed by atoms with Crippen LogP contribution in [0.25, 0.3) is 0 Å². The molecule has 96 valence electrons. The third kappa shape index (κ3) is 2.24. The molecule has 18 heavy (non-hydrogen) atoms. The fraction of sp³-hybridized carbons (Fsp3) is 0.455. The van der Waals surface area contributed by atoms with Gasteiger partial charge in [0.25, 0.3) is 5.91 Å². The Morgan fingerprint density at radius 1 is 1.39 bits per heavy atom. The van der Waals surface area contributed by atoms with Crippen LogP contribution in [0, 0.1) is 13.8 Å². The second kappa shape index (κ2) is 4.59. The average Bonchev–Trinajstić information content (AvgIpc) is 2.86. The molecule has 0 saturated carbocycles. The Hall–Kier alpha value is -2.18. The third-order valence-corrected chi connectivity index (χ3v) is 2.54. The number of H-pyrrole nitrogens is 1. The van der Waals surface area contributed by atoms with Crippen LogP contribution in [0.4, 0.5) is 5.95 Å². The van der Waals surface area contributed by atoms with Crippen LogP contribution in [0.5, 0.6) is 0 Å². The zero-order chi connectivity index (χ0) is 13.3. The van der Waals surface area contributed by atoms with E-state index in [0.717, 1.165) is 5.82 Å². The normalized spacial score (nSPS) is 10.9. The number of carbonyl (C=O) groups excluding carboxylic acids is 1. The van der Waals surface area contributed by atoms with Crippen molar-refractivity contribution >= 4 is 11.9 Å². The second-order valence-electron chi connectivity index (χ2n) is 4.35. The molecule has 1 amide bonds. The van der Waals surface area contributed by atoms with Gasteiger partial charge in [-0.05, 0) is 13.8 Å². The number of nitrogens with zero attached hydrogens (tertiary/aromatic N) is 3. The molecule has 0 radical (unpaired) electrons. The van der Waals surface area contributed by atoms with E-state index in [1.54, 1.807) is 13.8 Å². The number of amides is 1. The molecule has 0 fully saturated rings. The van der Waals surface area contributed by atoms with E-state index in [1.165, 1.54) is 0 Å². The molecular formula is C11H15N5O2. The summed E-state index contributed by atoms with van der Waals surface area (Å²) in [6, 6.07) is 0. The van der Waals surface area contributed by atoms with Gasteiger partial charge in [0, 0.05) is 5.92 Å². The van der Waals surface area contributed by atoms with Crippen LogP contribution >= 0.6 is 0 Å². The number of anilines is 1. The lowest BCUT2D eigenvalue weighted by Crippen LogP contribution is -2.14. The van der Waals surface area contributed by atoms with Crippen LogP contribution in [0.1, 0.15) is 47.4 Å². The molecule has 2 N–H and O–H groups in total. The molecule has 2 aromatic rings. The molecule has 2 heterocycles. The fourth-order valence-corrected chi connectivity index (χ4v) is 1.56. The van der Waals surface area contributed by atoms with Gasteiger partial charge in [0.05, 0.1) is 5.69 Å². The molecule has 0 aliphatic heterocycles. The van der Waals surface area contributed by atoms with Gasteiger partial charge >= 0.3 is 0 Å². The average molecular weight is 249 g/mol. The first-order chi connectivity index (χ1) is 8.49. The Kier molecular flexibility index (Phi) is 3.14. The lowest BCUT2D eigenvalue weighted by molar-refractivity contribution is 0.102. The van der Waals surface area contributed by atoms with Crippen molar-refractivity contribution in [3.8, 4) is 0 Å². The molecule has 0 atom stereocenters. The van der Waals surface area contributed by atoms with Crippen LogP contribution in [-0.4, -0.2) is 26.2 Å². The van der Waals surface area contributed by atoms with Gasteiger partial charge in [-0.1, -0.05) is 19.0 Å². The minimum Gasteiger partial charge on any atom is -0.361 e. The van der Waals surface area contributed by atoms with Crippen LogP contribution in [0.3, 0.4) is 0 Å². The van der Waals surface area contributed by atoms with Gasteiger partial charge in [0.2, 0.25) is 5.95 Å². The van der Waals surface area contributed by atoms with E-state index < -0.39 is 0 Å². The highest BCUT2D eigenvalue weighted by Crippen LogP contribution is 2.15. The molecule has 0 bridgehead atoms. The van der Waals surface area contributed by atoms with E-state index in [0.29, 0.717) is 17.0 Å². The standard InChI is InChI=1S/C11H15N5O2/c1-5(2)9-12-11(15-14-9)13-10(17)8-6(3)16-18-7(8)4/h5H,1-4H3,(H2,12,13,14,15,17). The van der Waals surface area contributed by atoms with Gasteiger partial charge < -0.3 is 4.52 Å². The summed E-state index contributed by atoms with van der Waals surface area (Å²) in [7, 11) is 0. The quantitative estimate of drug-likeness (QED) is 0.864. The number of rotatable bonds is 3. The van der Waals surface area contributed by atoms with Crippen molar-refractivity contribution < 1.29 is 9.32 Å². The molecule has 0 saturated heterocycles. The zero-order valence-corrected chi connectivity index (χ0v) is 10.7. The summed E-state index contributed by atoms with van der Waals surface area (Å²) in [6.45, 7) is 7.37. The highest BCUT2D eigenvalue weighted by atomic mass is 16.5. The zero-order valence-electron chi connectivity index (χ0n) is 10.7. The first-order valence-electron chi connectivity index (χ1n) is 5.65. The number of hydrogen-bond donors (Lipinski definition) is 2. The summed E-state index contributed by atoms with van der Waals surface area (Å²) in [4.78, 5) is 16.2. The van der Waals surface area contributed by atoms with E-state index >= 15 is 0 Å². The van der Waals surface area contributed by atoms with Gasteiger partial charge in [0.15, 0.2) is 0 Å². The van der Waals surface area contributed by atoms with Crippen molar-refractivity contribution in [1.29, 1.82) is 0 Å². The predicted molar refractivity (Wildman–Crippen MR) is 64.4 cm³/mol. The fourth-order valence-electron chi connectivity index (χ4n) is 1.56. The van der Waals surface area contributed by atoms with Crippen molar-refractivity contribution in [3.05, 3.63) is 22.8 Å². The summed E-state index contributed by atoms with van der Waals surface area (Å²) in [5.74, 6) is 1.36. The SMILES string of the molecule is Cc1noc(C)c1C(=O)Nc1n[nH]c(C(C)C)n1.